The molecule has 0 aliphatic rings. The van der Waals surface area contributed by atoms with Crippen LogP contribution in [-0.2, 0) is 0 Å². The summed E-state index contributed by atoms with van der Waals surface area (Å²) in [5.41, 5.74) is 3.21. The molecule has 0 aliphatic heterocycles. The van der Waals surface area contributed by atoms with Crippen molar-refractivity contribution in [3.8, 4) is 34.3 Å². The third-order valence-electron chi connectivity index (χ3n) is 3.97. The van der Waals surface area contributed by atoms with Gasteiger partial charge < -0.3 is 14.5 Å². The van der Waals surface area contributed by atoms with Crippen LogP contribution in [-0.4, -0.2) is 34.4 Å². The van der Waals surface area contributed by atoms with Crippen molar-refractivity contribution in [2.45, 2.75) is 0 Å². The van der Waals surface area contributed by atoms with Crippen LogP contribution in [0.3, 0.4) is 0 Å². The maximum atomic E-state index is 14.2. The lowest BCUT2D eigenvalue weighted by Crippen LogP contribution is -1.88. The van der Waals surface area contributed by atoms with Gasteiger partial charge in [-0.15, -0.1) is 0 Å². The predicted molar refractivity (Wildman–Crippen MR) is 92.2 cm³/mol. The highest BCUT2D eigenvalue weighted by atomic mass is 19.1. The summed E-state index contributed by atoms with van der Waals surface area (Å²) in [6.07, 6.45) is 0. The second kappa shape index (κ2) is 5.94. The van der Waals surface area contributed by atoms with Crippen LogP contribution in [0.5, 0.6) is 11.5 Å². The van der Waals surface area contributed by atoms with E-state index in [1.54, 1.807) is 25.3 Å². The highest BCUT2D eigenvalue weighted by molar-refractivity contribution is 5.80. The van der Waals surface area contributed by atoms with Crippen LogP contribution in [0.15, 0.2) is 42.5 Å². The Morgan fingerprint density at radius 2 is 1.72 bits per heavy atom. The van der Waals surface area contributed by atoms with Gasteiger partial charge in [0.15, 0.2) is 5.82 Å². The van der Waals surface area contributed by atoms with Crippen LogP contribution >= 0.6 is 0 Å². The van der Waals surface area contributed by atoms with Gasteiger partial charge in [-0.05, 0) is 30.3 Å². The number of methoxy groups -OCH3 is 2. The molecule has 0 radical (unpaired) electrons. The van der Waals surface area contributed by atoms with Crippen molar-refractivity contribution in [3.63, 3.8) is 0 Å². The third kappa shape index (κ3) is 2.69. The molecule has 2 heterocycles. The number of hydrogen-bond donors (Lipinski definition) is 2. The SMILES string of the molecule is COc1ccc(-c2cc(-c3nc4ccc(OC)cc4[nH]3)[nH]n2)c(F)c1. The number of fused-ring (bicyclic) bond motifs is 1. The number of aromatic nitrogens is 4. The van der Waals surface area contributed by atoms with Crippen molar-refractivity contribution < 1.29 is 13.9 Å². The standard InChI is InChI=1S/C18H15FN4O2/c1-24-10-3-5-12(13(19)7-10)15-9-17(23-22-15)18-20-14-6-4-11(25-2)8-16(14)21-18/h3-9H,1-2H3,(H,20,21)(H,22,23). The Kier molecular flexibility index (Phi) is 3.61. The van der Waals surface area contributed by atoms with Crippen LogP contribution < -0.4 is 9.47 Å². The largest absolute Gasteiger partial charge is 0.497 e. The molecule has 0 saturated heterocycles. The molecular weight excluding hydrogens is 323 g/mol. The zero-order chi connectivity index (χ0) is 17.4. The number of imidazole rings is 1. The van der Waals surface area contributed by atoms with Crippen LogP contribution in [0.1, 0.15) is 0 Å². The van der Waals surface area contributed by atoms with E-state index in [0.29, 0.717) is 28.5 Å². The van der Waals surface area contributed by atoms with Gasteiger partial charge in [0.1, 0.15) is 23.0 Å². The van der Waals surface area contributed by atoms with Crippen molar-refractivity contribution in [3.05, 3.63) is 48.3 Å². The van der Waals surface area contributed by atoms with Crippen molar-refractivity contribution in [1.82, 2.24) is 20.2 Å². The molecule has 6 nitrogen and oxygen atoms in total. The molecule has 25 heavy (non-hydrogen) atoms. The Hall–Kier alpha value is -3.35. The summed E-state index contributed by atoms with van der Waals surface area (Å²) >= 11 is 0. The second-order valence-corrected chi connectivity index (χ2v) is 5.48. The molecule has 2 N–H and O–H groups in total. The van der Waals surface area contributed by atoms with Gasteiger partial charge in [-0.2, -0.15) is 5.10 Å². The number of nitrogens with zero attached hydrogens (tertiary/aromatic N) is 2. The molecule has 2 aromatic carbocycles. The molecule has 0 unspecified atom stereocenters. The fourth-order valence-electron chi connectivity index (χ4n) is 2.65. The number of halogens is 1. The van der Waals surface area contributed by atoms with Gasteiger partial charge in [0.05, 0.1) is 30.9 Å². The molecule has 0 bridgehead atoms. The first-order valence-electron chi connectivity index (χ1n) is 7.61. The Morgan fingerprint density at radius 1 is 0.960 bits per heavy atom. The lowest BCUT2D eigenvalue weighted by molar-refractivity contribution is 0.411. The topological polar surface area (TPSA) is 75.8 Å². The molecule has 0 saturated carbocycles. The highest BCUT2D eigenvalue weighted by Crippen LogP contribution is 2.28. The maximum absolute atomic E-state index is 14.2. The van der Waals surface area contributed by atoms with Crippen molar-refractivity contribution in [1.29, 1.82) is 0 Å². The van der Waals surface area contributed by atoms with Gasteiger partial charge in [-0.3, -0.25) is 5.10 Å². The molecule has 2 aromatic heterocycles. The highest BCUT2D eigenvalue weighted by Gasteiger charge is 2.13. The van der Waals surface area contributed by atoms with E-state index in [1.807, 2.05) is 18.2 Å². The summed E-state index contributed by atoms with van der Waals surface area (Å²) in [4.78, 5) is 7.73. The number of hydrogen-bond acceptors (Lipinski definition) is 4. The third-order valence-corrected chi connectivity index (χ3v) is 3.97. The molecule has 7 heteroatoms. The summed E-state index contributed by atoms with van der Waals surface area (Å²) in [6.45, 7) is 0. The molecular formula is C18H15FN4O2. The van der Waals surface area contributed by atoms with E-state index in [9.17, 15) is 4.39 Å². The Labute approximate surface area is 142 Å². The normalized spacial score (nSPS) is 11.0. The molecule has 0 fully saturated rings. The van der Waals surface area contributed by atoms with Crippen molar-refractivity contribution in [2.75, 3.05) is 14.2 Å². The lowest BCUT2D eigenvalue weighted by Gasteiger charge is -2.02. The lowest BCUT2D eigenvalue weighted by atomic mass is 10.1. The van der Waals surface area contributed by atoms with Gasteiger partial charge in [-0.1, -0.05) is 0 Å². The van der Waals surface area contributed by atoms with E-state index in [4.69, 9.17) is 9.47 Å². The second-order valence-electron chi connectivity index (χ2n) is 5.48. The summed E-state index contributed by atoms with van der Waals surface area (Å²) in [5, 5.41) is 7.09. The summed E-state index contributed by atoms with van der Waals surface area (Å²) < 4.78 is 24.4. The summed E-state index contributed by atoms with van der Waals surface area (Å²) in [6, 6.07) is 12.0. The average molecular weight is 338 g/mol. The molecule has 0 aliphatic carbocycles. The molecule has 4 rings (SSSR count). The Morgan fingerprint density at radius 3 is 2.48 bits per heavy atom. The minimum absolute atomic E-state index is 0.390. The van der Waals surface area contributed by atoms with Gasteiger partial charge in [0, 0.05) is 17.7 Å². The van der Waals surface area contributed by atoms with Crippen LogP contribution in [0, 0.1) is 5.82 Å². The van der Waals surface area contributed by atoms with Gasteiger partial charge >= 0.3 is 0 Å². The van der Waals surface area contributed by atoms with Gasteiger partial charge in [0.2, 0.25) is 0 Å². The Bertz CT molecular complexity index is 1050. The fraction of sp³-hybridized carbons (Fsp3) is 0.111. The maximum Gasteiger partial charge on any atom is 0.156 e. The summed E-state index contributed by atoms with van der Waals surface area (Å²) in [5.74, 6) is 1.43. The average Bonchev–Trinajstić information content (AvgIpc) is 3.27. The van der Waals surface area contributed by atoms with Crippen molar-refractivity contribution in [2.24, 2.45) is 0 Å². The van der Waals surface area contributed by atoms with E-state index in [-0.39, 0.29) is 0 Å². The first kappa shape index (κ1) is 15.2. The first-order chi connectivity index (χ1) is 12.2. The number of ether oxygens (including phenoxy) is 2. The number of nitrogens with one attached hydrogen (secondary N) is 2. The number of aromatic amines is 2. The monoisotopic (exact) mass is 338 g/mol. The minimum atomic E-state index is -0.397. The molecule has 126 valence electrons. The van der Waals surface area contributed by atoms with E-state index >= 15 is 0 Å². The number of rotatable bonds is 4. The first-order valence-corrected chi connectivity index (χ1v) is 7.61. The molecule has 0 atom stereocenters. The van der Waals surface area contributed by atoms with E-state index < -0.39 is 5.82 Å². The number of benzene rings is 2. The van der Waals surface area contributed by atoms with Crippen LogP contribution in [0.25, 0.3) is 33.8 Å². The van der Waals surface area contributed by atoms with Gasteiger partial charge in [0.25, 0.3) is 0 Å². The molecule has 4 aromatic rings. The van der Waals surface area contributed by atoms with Crippen LogP contribution in [0.4, 0.5) is 4.39 Å². The van der Waals surface area contributed by atoms with E-state index in [0.717, 1.165) is 16.8 Å². The zero-order valence-corrected chi connectivity index (χ0v) is 13.6. The van der Waals surface area contributed by atoms with Crippen molar-refractivity contribution >= 4 is 11.0 Å². The van der Waals surface area contributed by atoms with Gasteiger partial charge in [-0.25, -0.2) is 9.37 Å². The molecule has 0 spiro atoms. The Balaban J connectivity index is 1.71. The number of H-pyrrole nitrogens is 2. The summed E-state index contributed by atoms with van der Waals surface area (Å²) in [7, 11) is 3.11. The van der Waals surface area contributed by atoms with E-state index in [2.05, 4.69) is 20.2 Å². The quantitative estimate of drug-likeness (QED) is 0.594. The predicted octanol–water partition coefficient (Wildman–Crippen LogP) is 3.78. The molecule has 0 amide bonds. The fourth-order valence-corrected chi connectivity index (χ4v) is 2.65. The van der Waals surface area contributed by atoms with Crippen LogP contribution in [0.2, 0.25) is 0 Å². The zero-order valence-electron chi connectivity index (χ0n) is 13.6. The minimum Gasteiger partial charge on any atom is -0.497 e. The van der Waals surface area contributed by atoms with E-state index in [1.165, 1.54) is 13.2 Å². The smallest absolute Gasteiger partial charge is 0.156 e.